The highest BCUT2D eigenvalue weighted by molar-refractivity contribution is 7.15. The van der Waals surface area contributed by atoms with Gasteiger partial charge in [0, 0.05) is 29.9 Å². The Kier molecular flexibility index (Phi) is 2.99. The number of aromatic nitrogens is 4. The lowest BCUT2D eigenvalue weighted by Crippen LogP contribution is -2.29. The summed E-state index contributed by atoms with van der Waals surface area (Å²) >= 11 is 1.58. The Hall–Kier alpha value is -2.15. The van der Waals surface area contributed by atoms with Gasteiger partial charge in [-0.15, -0.1) is 11.3 Å². The molecule has 3 heterocycles. The monoisotopic (exact) mass is 301 g/mol. The second kappa shape index (κ2) is 5.00. The van der Waals surface area contributed by atoms with Crippen LogP contribution in [0.25, 0.3) is 4.96 Å². The van der Waals surface area contributed by atoms with Crippen LogP contribution in [-0.2, 0) is 6.54 Å². The van der Waals surface area contributed by atoms with Crippen LogP contribution in [0, 0.1) is 0 Å². The fourth-order valence-electron chi connectivity index (χ4n) is 2.43. The van der Waals surface area contributed by atoms with E-state index in [-0.39, 0.29) is 5.56 Å². The maximum Gasteiger partial charge on any atom is 0.269 e. The van der Waals surface area contributed by atoms with E-state index >= 15 is 0 Å². The van der Waals surface area contributed by atoms with Crippen LogP contribution in [0.2, 0.25) is 0 Å². The molecular weight excluding hydrogens is 286 g/mol. The molecule has 0 spiro atoms. The van der Waals surface area contributed by atoms with Crippen molar-refractivity contribution in [1.82, 2.24) is 19.2 Å². The van der Waals surface area contributed by atoms with Gasteiger partial charge in [-0.2, -0.15) is 5.10 Å². The smallest absolute Gasteiger partial charge is 0.269 e. The molecule has 108 valence electrons. The number of anilines is 1. The molecule has 0 radical (unpaired) electrons. The molecule has 0 aromatic carbocycles. The number of nitrogens with one attached hydrogen (secondary N) is 1. The summed E-state index contributed by atoms with van der Waals surface area (Å²) in [6.45, 7) is 0.400. The summed E-state index contributed by atoms with van der Waals surface area (Å²) in [5.41, 5.74) is 1.55. The summed E-state index contributed by atoms with van der Waals surface area (Å²) in [6, 6.07) is 2.12. The fraction of sp³-hybridized carbons (Fsp3) is 0.357. The van der Waals surface area contributed by atoms with Crippen LogP contribution >= 0.6 is 11.3 Å². The zero-order valence-corrected chi connectivity index (χ0v) is 12.2. The molecule has 0 atom stereocenters. The van der Waals surface area contributed by atoms with E-state index in [4.69, 9.17) is 0 Å². The topological polar surface area (TPSA) is 64.2 Å². The number of nitrogens with zero attached hydrogens (tertiary/aromatic N) is 4. The highest BCUT2D eigenvalue weighted by atomic mass is 32.1. The Morgan fingerprint density at radius 3 is 3.05 bits per heavy atom. The van der Waals surface area contributed by atoms with Gasteiger partial charge in [-0.05, 0) is 19.3 Å². The van der Waals surface area contributed by atoms with Crippen molar-refractivity contribution in [2.75, 3.05) is 5.32 Å². The molecule has 4 rings (SSSR count). The Morgan fingerprint density at radius 2 is 2.33 bits per heavy atom. The molecule has 0 bridgehead atoms. The number of hydrogen-bond donors (Lipinski definition) is 1. The predicted molar refractivity (Wildman–Crippen MR) is 81.9 cm³/mol. The molecule has 1 aliphatic carbocycles. The Bertz CT molecular complexity index is 801. The average Bonchev–Trinajstić information content (AvgIpc) is 2.98. The van der Waals surface area contributed by atoms with Crippen molar-refractivity contribution >= 4 is 22.0 Å². The first-order valence-electron chi connectivity index (χ1n) is 7.03. The van der Waals surface area contributed by atoms with Gasteiger partial charge >= 0.3 is 0 Å². The number of thiazole rings is 1. The van der Waals surface area contributed by atoms with Crippen molar-refractivity contribution in [2.24, 2.45) is 0 Å². The number of fused-ring (bicyclic) bond motifs is 1. The van der Waals surface area contributed by atoms with Crippen molar-refractivity contribution in [1.29, 1.82) is 0 Å². The standard InChI is InChI=1S/C14H15N5OS/c20-13-6-11(16-10-2-1-3-10)7-15-19(13)9-12-8-18-4-5-21-14(18)17-12/h4-8,10,16H,1-3,9H2. The van der Waals surface area contributed by atoms with Gasteiger partial charge in [0.1, 0.15) is 0 Å². The number of rotatable bonds is 4. The first-order chi connectivity index (χ1) is 10.3. The normalized spacial score (nSPS) is 15.2. The average molecular weight is 301 g/mol. The summed E-state index contributed by atoms with van der Waals surface area (Å²) in [6.07, 6.45) is 9.22. The molecule has 1 saturated carbocycles. The molecular formula is C14H15N5OS. The van der Waals surface area contributed by atoms with Crippen molar-refractivity contribution < 1.29 is 0 Å². The summed E-state index contributed by atoms with van der Waals surface area (Å²) in [7, 11) is 0. The van der Waals surface area contributed by atoms with Gasteiger partial charge in [-0.25, -0.2) is 9.67 Å². The molecule has 7 heteroatoms. The van der Waals surface area contributed by atoms with Gasteiger partial charge in [0.25, 0.3) is 5.56 Å². The first kappa shape index (κ1) is 12.6. The summed E-state index contributed by atoms with van der Waals surface area (Å²) in [4.78, 5) is 17.5. The molecule has 3 aromatic rings. The number of hydrogen-bond acceptors (Lipinski definition) is 5. The summed E-state index contributed by atoms with van der Waals surface area (Å²) in [5.74, 6) is 0. The van der Waals surface area contributed by atoms with Gasteiger partial charge in [-0.3, -0.25) is 9.20 Å². The fourth-order valence-corrected chi connectivity index (χ4v) is 3.14. The molecule has 21 heavy (non-hydrogen) atoms. The second-order valence-corrected chi connectivity index (χ2v) is 6.21. The zero-order chi connectivity index (χ0) is 14.2. The van der Waals surface area contributed by atoms with Crippen molar-refractivity contribution in [3.8, 4) is 0 Å². The van der Waals surface area contributed by atoms with E-state index < -0.39 is 0 Å². The van der Waals surface area contributed by atoms with Gasteiger partial charge < -0.3 is 5.32 Å². The van der Waals surface area contributed by atoms with Crippen molar-refractivity contribution in [3.63, 3.8) is 0 Å². The maximum absolute atomic E-state index is 12.1. The van der Waals surface area contributed by atoms with Crippen LogP contribution in [0.3, 0.4) is 0 Å². The van der Waals surface area contributed by atoms with Crippen LogP contribution < -0.4 is 10.9 Å². The van der Waals surface area contributed by atoms with E-state index in [1.807, 2.05) is 22.2 Å². The van der Waals surface area contributed by atoms with Crippen LogP contribution in [0.15, 0.2) is 34.8 Å². The third-order valence-electron chi connectivity index (χ3n) is 3.80. The van der Waals surface area contributed by atoms with Crippen LogP contribution in [0.5, 0.6) is 0 Å². The molecule has 1 fully saturated rings. The molecule has 0 saturated heterocycles. The largest absolute Gasteiger partial charge is 0.381 e. The molecule has 0 unspecified atom stereocenters. The van der Waals surface area contributed by atoms with Crippen LogP contribution in [-0.4, -0.2) is 25.2 Å². The maximum atomic E-state index is 12.1. The molecule has 3 aromatic heterocycles. The lowest BCUT2D eigenvalue weighted by molar-refractivity contribution is 0.445. The lowest BCUT2D eigenvalue weighted by Gasteiger charge is -2.27. The van der Waals surface area contributed by atoms with Gasteiger partial charge in [-0.1, -0.05) is 0 Å². The van der Waals surface area contributed by atoms with Crippen molar-refractivity contribution in [2.45, 2.75) is 31.8 Å². The minimum absolute atomic E-state index is 0.101. The summed E-state index contributed by atoms with van der Waals surface area (Å²) < 4.78 is 3.40. The van der Waals surface area contributed by atoms with E-state index in [9.17, 15) is 4.79 Å². The molecule has 0 aliphatic heterocycles. The Balaban J connectivity index is 1.54. The third-order valence-corrected chi connectivity index (χ3v) is 4.57. The minimum atomic E-state index is -0.101. The summed E-state index contributed by atoms with van der Waals surface area (Å²) in [5, 5.41) is 9.55. The van der Waals surface area contributed by atoms with Gasteiger partial charge in [0.05, 0.1) is 24.1 Å². The highest BCUT2D eigenvalue weighted by Gasteiger charge is 2.17. The molecule has 1 aliphatic rings. The van der Waals surface area contributed by atoms with E-state index in [1.54, 1.807) is 23.6 Å². The minimum Gasteiger partial charge on any atom is -0.381 e. The van der Waals surface area contributed by atoms with Gasteiger partial charge in [0.2, 0.25) is 0 Å². The SMILES string of the molecule is O=c1cc(NC2CCC2)cnn1Cc1cn2ccsc2n1. The molecule has 6 nitrogen and oxygen atoms in total. The second-order valence-electron chi connectivity index (χ2n) is 5.34. The van der Waals surface area contributed by atoms with Crippen LogP contribution in [0.4, 0.5) is 5.69 Å². The zero-order valence-electron chi connectivity index (χ0n) is 11.4. The van der Waals surface area contributed by atoms with E-state index in [2.05, 4.69) is 15.4 Å². The third kappa shape index (κ3) is 2.44. The Labute approximate surface area is 125 Å². The quantitative estimate of drug-likeness (QED) is 0.800. The lowest BCUT2D eigenvalue weighted by atomic mass is 9.93. The van der Waals surface area contributed by atoms with Gasteiger partial charge in [0.15, 0.2) is 4.96 Å². The highest BCUT2D eigenvalue weighted by Crippen LogP contribution is 2.22. The number of imidazole rings is 1. The van der Waals surface area contributed by atoms with Crippen LogP contribution in [0.1, 0.15) is 25.0 Å². The van der Waals surface area contributed by atoms with E-state index in [0.29, 0.717) is 12.6 Å². The molecule has 0 amide bonds. The van der Waals surface area contributed by atoms with E-state index in [0.717, 1.165) is 16.3 Å². The predicted octanol–water partition coefficient (Wildman–Crippen LogP) is 1.97. The van der Waals surface area contributed by atoms with E-state index in [1.165, 1.54) is 23.9 Å². The first-order valence-corrected chi connectivity index (χ1v) is 7.91. The molecule has 1 N–H and O–H groups in total. The Morgan fingerprint density at radius 1 is 1.43 bits per heavy atom. The van der Waals surface area contributed by atoms with Crippen molar-refractivity contribution in [3.05, 3.63) is 46.1 Å².